The first-order valence-corrected chi connectivity index (χ1v) is 7.77. The highest BCUT2D eigenvalue weighted by molar-refractivity contribution is 5.25. The van der Waals surface area contributed by atoms with E-state index in [1.54, 1.807) is 4.90 Å². The van der Waals surface area contributed by atoms with E-state index in [1.807, 2.05) is 0 Å². The largest absolute Gasteiger partial charge is 0.387 e. The van der Waals surface area contributed by atoms with Crippen LogP contribution in [0.2, 0.25) is 0 Å². The van der Waals surface area contributed by atoms with Crippen molar-refractivity contribution in [3.63, 3.8) is 0 Å². The van der Waals surface area contributed by atoms with Crippen molar-refractivity contribution in [1.29, 1.82) is 0 Å². The van der Waals surface area contributed by atoms with Crippen molar-refractivity contribution in [3.05, 3.63) is 70.8 Å². The molecule has 2 atom stereocenters. The van der Waals surface area contributed by atoms with Crippen LogP contribution in [-0.4, -0.2) is 23.1 Å². The van der Waals surface area contributed by atoms with Crippen LogP contribution in [0, 0.1) is 23.3 Å². The molecule has 24 heavy (non-hydrogen) atoms. The SMILES string of the molecule is OC(CN1CCC[C@@H]1c1cc(F)ccc1F)c1cc(F)ccc1F. The Morgan fingerprint density at radius 1 is 1.00 bits per heavy atom. The predicted octanol–water partition coefficient (Wildman–Crippen LogP) is 4.11. The molecular formula is C18H17F4NO. The molecule has 0 saturated carbocycles. The Kier molecular flexibility index (Phi) is 4.87. The summed E-state index contributed by atoms with van der Waals surface area (Å²) in [6, 6.07) is 5.76. The molecular weight excluding hydrogens is 322 g/mol. The number of benzene rings is 2. The molecule has 1 aliphatic rings. The highest BCUT2D eigenvalue weighted by Crippen LogP contribution is 2.35. The van der Waals surface area contributed by atoms with Crippen LogP contribution >= 0.6 is 0 Å². The van der Waals surface area contributed by atoms with Crippen molar-refractivity contribution in [2.75, 3.05) is 13.1 Å². The Labute approximate surface area is 137 Å². The Morgan fingerprint density at radius 3 is 2.42 bits per heavy atom. The molecule has 1 fully saturated rings. The molecule has 6 heteroatoms. The predicted molar refractivity (Wildman–Crippen MR) is 81.2 cm³/mol. The van der Waals surface area contributed by atoms with Crippen LogP contribution in [0.3, 0.4) is 0 Å². The summed E-state index contributed by atoms with van der Waals surface area (Å²) in [5.41, 5.74) is 0.0831. The number of rotatable bonds is 4. The van der Waals surface area contributed by atoms with E-state index in [4.69, 9.17) is 0 Å². The van der Waals surface area contributed by atoms with Crippen molar-refractivity contribution < 1.29 is 22.7 Å². The van der Waals surface area contributed by atoms with Crippen LogP contribution in [0.25, 0.3) is 0 Å². The highest BCUT2D eigenvalue weighted by Gasteiger charge is 2.30. The van der Waals surface area contributed by atoms with Crippen molar-refractivity contribution in [3.8, 4) is 0 Å². The Morgan fingerprint density at radius 2 is 1.67 bits per heavy atom. The fraction of sp³-hybridized carbons (Fsp3) is 0.333. The molecule has 0 radical (unpaired) electrons. The molecule has 0 amide bonds. The van der Waals surface area contributed by atoms with Gasteiger partial charge in [0.25, 0.3) is 0 Å². The summed E-state index contributed by atoms with van der Waals surface area (Å²) in [5, 5.41) is 10.3. The first-order valence-electron chi connectivity index (χ1n) is 7.77. The van der Waals surface area contributed by atoms with Crippen LogP contribution < -0.4 is 0 Å². The highest BCUT2D eigenvalue weighted by atomic mass is 19.1. The zero-order valence-corrected chi connectivity index (χ0v) is 12.9. The fourth-order valence-electron chi connectivity index (χ4n) is 3.26. The van der Waals surface area contributed by atoms with E-state index in [-0.39, 0.29) is 17.7 Å². The summed E-state index contributed by atoms with van der Waals surface area (Å²) >= 11 is 0. The second-order valence-corrected chi connectivity index (χ2v) is 6.00. The van der Waals surface area contributed by atoms with Crippen LogP contribution in [-0.2, 0) is 0 Å². The fourth-order valence-corrected chi connectivity index (χ4v) is 3.26. The van der Waals surface area contributed by atoms with Crippen LogP contribution in [0.1, 0.15) is 36.1 Å². The summed E-state index contributed by atoms with van der Waals surface area (Å²) in [7, 11) is 0. The van der Waals surface area contributed by atoms with E-state index in [0.717, 1.165) is 42.8 Å². The lowest BCUT2D eigenvalue weighted by Crippen LogP contribution is -2.29. The number of likely N-dealkylation sites (tertiary alicyclic amines) is 1. The van der Waals surface area contributed by atoms with Gasteiger partial charge in [-0.25, -0.2) is 17.6 Å². The number of hydrogen-bond donors (Lipinski definition) is 1. The van der Waals surface area contributed by atoms with E-state index in [2.05, 4.69) is 0 Å². The summed E-state index contributed by atoms with van der Waals surface area (Å²) in [5.74, 6) is -2.38. The third-order valence-corrected chi connectivity index (χ3v) is 4.41. The van der Waals surface area contributed by atoms with Crippen molar-refractivity contribution in [2.45, 2.75) is 25.0 Å². The monoisotopic (exact) mass is 339 g/mol. The maximum absolute atomic E-state index is 14.0. The van der Waals surface area contributed by atoms with E-state index in [9.17, 15) is 22.7 Å². The number of β-amino-alcohol motifs (C(OH)–C–C–N with tert-alkyl or cyclic N) is 1. The van der Waals surface area contributed by atoms with E-state index >= 15 is 0 Å². The minimum atomic E-state index is -1.25. The summed E-state index contributed by atoms with van der Waals surface area (Å²) < 4.78 is 54.5. The van der Waals surface area contributed by atoms with Gasteiger partial charge in [0, 0.05) is 23.7 Å². The molecule has 0 spiro atoms. The molecule has 1 heterocycles. The van der Waals surface area contributed by atoms with Gasteiger partial charge in [-0.1, -0.05) is 0 Å². The van der Waals surface area contributed by atoms with Crippen molar-refractivity contribution in [1.82, 2.24) is 4.90 Å². The van der Waals surface area contributed by atoms with E-state index in [0.29, 0.717) is 13.0 Å². The van der Waals surface area contributed by atoms with Gasteiger partial charge in [-0.05, 0) is 55.8 Å². The Bertz CT molecular complexity index is 737. The maximum Gasteiger partial charge on any atom is 0.129 e. The standard InChI is InChI=1S/C18H17F4NO/c19-11-3-5-15(21)13(8-11)17-2-1-7-23(17)10-18(24)14-9-12(20)4-6-16(14)22/h3-6,8-9,17-18,24H,1-2,7,10H2/t17-,18?/m1/s1. The molecule has 1 unspecified atom stereocenters. The number of aliphatic hydroxyl groups is 1. The second-order valence-electron chi connectivity index (χ2n) is 6.00. The lowest BCUT2D eigenvalue weighted by Gasteiger charge is -2.27. The number of nitrogens with zero attached hydrogens (tertiary/aromatic N) is 1. The number of halogens is 4. The summed E-state index contributed by atoms with van der Waals surface area (Å²) in [6.07, 6.45) is 0.107. The molecule has 128 valence electrons. The van der Waals surface area contributed by atoms with Gasteiger partial charge in [-0.3, -0.25) is 4.90 Å². The molecule has 0 aromatic heterocycles. The van der Waals surface area contributed by atoms with Crippen molar-refractivity contribution >= 4 is 0 Å². The lowest BCUT2D eigenvalue weighted by molar-refractivity contribution is 0.102. The van der Waals surface area contributed by atoms with Gasteiger partial charge < -0.3 is 5.11 Å². The van der Waals surface area contributed by atoms with Crippen molar-refractivity contribution in [2.24, 2.45) is 0 Å². The first kappa shape index (κ1) is 16.9. The topological polar surface area (TPSA) is 23.5 Å². The number of hydrogen-bond acceptors (Lipinski definition) is 2. The molecule has 0 bridgehead atoms. The minimum Gasteiger partial charge on any atom is -0.387 e. The Balaban J connectivity index is 1.81. The van der Waals surface area contributed by atoms with Gasteiger partial charge in [0.1, 0.15) is 23.3 Å². The first-order chi connectivity index (χ1) is 11.5. The molecule has 2 aromatic carbocycles. The zero-order valence-electron chi connectivity index (χ0n) is 12.9. The van der Waals surface area contributed by atoms with Gasteiger partial charge >= 0.3 is 0 Å². The van der Waals surface area contributed by atoms with Gasteiger partial charge in [0.15, 0.2) is 0 Å². The van der Waals surface area contributed by atoms with Gasteiger partial charge in [-0.15, -0.1) is 0 Å². The molecule has 0 aliphatic carbocycles. The quantitative estimate of drug-likeness (QED) is 0.848. The summed E-state index contributed by atoms with van der Waals surface area (Å²) in [6.45, 7) is 0.579. The van der Waals surface area contributed by atoms with E-state index < -0.39 is 35.4 Å². The molecule has 3 rings (SSSR count). The average molecular weight is 339 g/mol. The smallest absolute Gasteiger partial charge is 0.129 e. The minimum absolute atomic E-state index is 0.0149. The summed E-state index contributed by atoms with van der Waals surface area (Å²) in [4.78, 5) is 1.77. The molecule has 1 N–H and O–H groups in total. The third-order valence-electron chi connectivity index (χ3n) is 4.41. The third kappa shape index (κ3) is 3.44. The van der Waals surface area contributed by atoms with Gasteiger partial charge in [-0.2, -0.15) is 0 Å². The van der Waals surface area contributed by atoms with E-state index in [1.165, 1.54) is 0 Å². The van der Waals surface area contributed by atoms with Crippen LogP contribution in [0.15, 0.2) is 36.4 Å². The maximum atomic E-state index is 14.0. The van der Waals surface area contributed by atoms with Gasteiger partial charge in [0.05, 0.1) is 6.10 Å². The molecule has 2 aromatic rings. The molecule has 2 nitrogen and oxygen atoms in total. The van der Waals surface area contributed by atoms with Gasteiger partial charge in [0.2, 0.25) is 0 Å². The average Bonchev–Trinajstić information content (AvgIpc) is 3.00. The van der Waals surface area contributed by atoms with Crippen LogP contribution in [0.5, 0.6) is 0 Å². The normalized spacial score (nSPS) is 19.6. The lowest BCUT2D eigenvalue weighted by atomic mass is 10.0. The molecule has 1 saturated heterocycles. The second kappa shape index (κ2) is 6.91. The zero-order chi connectivity index (χ0) is 17.3. The van der Waals surface area contributed by atoms with Crippen LogP contribution in [0.4, 0.5) is 17.6 Å². The Hall–Kier alpha value is -1.92. The number of aliphatic hydroxyl groups excluding tert-OH is 1. The molecule has 1 aliphatic heterocycles.